The van der Waals surface area contributed by atoms with Gasteiger partial charge in [-0.25, -0.2) is 0 Å². The molecule has 3 rings (SSSR count). The van der Waals surface area contributed by atoms with Crippen molar-refractivity contribution in [3.8, 4) is 5.75 Å². The lowest BCUT2D eigenvalue weighted by molar-refractivity contribution is 0.415. The molecule has 0 saturated carbocycles. The zero-order valence-corrected chi connectivity index (χ0v) is 12.9. The summed E-state index contributed by atoms with van der Waals surface area (Å²) in [7, 11) is 3.81. The summed E-state index contributed by atoms with van der Waals surface area (Å²) in [6.07, 6.45) is 1.22. The molecule has 1 N–H and O–H groups in total. The molecule has 0 amide bonds. The van der Waals surface area contributed by atoms with E-state index in [0.29, 0.717) is 5.92 Å². The molecule has 0 radical (unpaired) electrons. The second-order valence-electron chi connectivity index (χ2n) is 5.81. The van der Waals surface area contributed by atoms with Crippen LogP contribution in [-0.2, 0) is 0 Å². The van der Waals surface area contributed by atoms with Crippen molar-refractivity contribution < 1.29 is 4.74 Å². The Balaban J connectivity index is 1.53. The number of benzene rings is 1. The summed E-state index contributed by atoms with van der Waals surface area (Å²) in [6, 6.07) is 8.33. The molecule has 5 heteroatoms. The molecule has 1 aromatic rings. The molecular weight excluding hydrogens is 264 g/mol. The molecule has 21 heavy (non-hydrogen) atoms. The number of ether oxygens (including phenoxy) is 1. The SMILES string of the molecule is COc1cccc(N2CCC(CNC3=NCCN3C)C2)c1. The summed E-state index contributed by atoms with van der Waals surface area (Å²) in [4.78, 5) is 9.11. The van der Waals surface area contributed by atoms with E-state index in [1.54, 1.807) is 7.11 Å². The quantitative estimate of drug-likeness (QED) is 0.909. The molecular formula is C16H24N4O. The Labute approximate surface area is 126 Å². The minimum atomic E-state index is 0.674. The average Bonchev–Trinajstić information content (AvgIpc) is 3.14. The number of guanidine groups is 1. The van der Waals surface area contributed by atoms with E-state index in [1.165, 1.54) is 12.1 Å². The van der Waals surface area contributed by atoms with Crippen LogP contribution in [0.4, 0.5) is 5.69 Å². The van der Waals surface area contributed by atoms with Crippen LogP contribution in [0.15, 0.2) is 29.3 Å². The van der Waals surface area contributed by atoms with Crippen LogP contribution >= 0.6 is 0 Å². The molecule has 0 spiro atoms. The molecule has 0 aliphatic carbocycles. The summed E-state index contributed by atoms with van der Waals surface area (Å²) in [5.74, 6) is 2.65. The highest BCUT2D eigenvalue weighted by atomic mass is 16.5. The molecule has 5 nitrogen and oxygen atoms in total. The van der Waals surface area contributed by atoms with Crippen molar-refractivity contribution in [1.29, 1.82) is 0 Å². The third-order valence-corrected chi connectivity index (χ3v) is 4.31. The third-order valence-electron chi connectivity index (χ3n) is 4.31. The molecule has 1 aromatic carbocycles. The van der Waals surface area contributed by atoms with Gasteiger partial charge in [0, 0.05) is 45.0 Å². The van der Waals surface area contributed by atoms with Crippen LogP contribution in [-0.4, -0.2) is 57.7 Å². The second-order valence-corrected chi connectivity index (χ2v) is 5.81. The zero-order chi connectivity index (χ0) is 14.7. The maximum Gasteiger partial charge on any atom is 0.193 e. The molecule has 1 saturated heterocycles. The number of likely N-dealkylation sites (N-methyl/N-ethyl adjacent to an activating group) is 1. The van der Waals surface area contributed by atoms with Crippen LogP contribution in [0.3, 0.4) is 0 Å². The highest BCUT2D eigenvalue weighted by Crippen LogP contribution is 2.26. The van der Waals surface area contributed by atoms with E-state index in [0.717, 1.165) is 44.4 Å². The van der Waals surface area contributed by atoms with Crippen LogP contribution in [0.5, 0.6) is 5.75 Å². The van der Waals surface area contributed by atoms with Crippen LogP contribution in [0.25, 0.3) is 0 Å². The first-order valence-corrected chi connectivity index (χ1v) is 7.64. The number of aliphatic imine (C=N–C) groups is 1. The van der Waals surface area contributed by atoms with Gasteiger partial charge in [0.2, 0.25) is 0 Å². The van der Waals surface area contributed by atoms with Crippen LogP contribution < -0.4 is 15.0 Å². The van der Waals surface area contributed by atoms with Crippen molar-refractivity contribution >= 4 is 11.6 Å². The minimum Gasteiger partial charge on any atom is -0.497 e. The van der Waals surface area contributed by atoms with Gasteiger partial charge in [0.05, 0.1) is 13.7 Å². The standard InChI is InChI=1S/C16H24N4O/c1-19-9-7-17-16(19)18-11-13-6-8-20(12-13)14-4-3-5-15(10-14)21-2/h3-5,10,13H,6-9,11-12H2,1-2H3,(H,17,18). The van der Waals surface area contributed by atoms with Crippen molar-refractivity contribution in [1.82, 2.24) is 10.2 Å². The summed E-state index contributed by atoms with van der Waals surface area (Å²) in [6.45, 7) is 5.16. The van der Waals surface area contributed by atoms with Gasteiger partial charge in [-0.3, -0.25) is 4.99 Å². The van der Waals surface area contributed by atoms with Gasteiger partial charge in [-0.05, 0) is 24.5 Å². The number of hydrogen-bond acceptors (Lipinski definition) is 5. The van der Waals surface area contributed by atoms with Crippen molar-refractivity contribution in [2.24, 2.45) is 10.9 Å². The Morgan fingerprint density at radius 3 is 3.05 bits per heavy atom. The smallest absolute Gasteiger partial charge is 0.193 e. The summed E-state index contributed by atoms with van der Waals surface area (Å²) >= 11 is 0. The Kier molecular flexibility index (Phi) is 4.18. The van der Waals surface area contributed by atoms with Crippen molar-refractivity contribution in [3.63, 3.8) is 0 Å². The lowest BCUT2D eigenvalue weighted by Gasteiger charge is -2.20. The van der Waals surface area contributed by atoms with Gasteiger partial charge < -0.3 is 19.9 Å². The maximum atomic E-state index is 5.31. The Morgan fingerprint density at radius 2 is 2.29 bits per heavy atom. The highest BCUT2D eigenvalue weighted by molar-refractivity contribution is 5.81. The van der Waals surface area contributed by atoms with Crippen molar-refractivity contribution in [3.05, 3.63) is 24.3 Å². The Morgan fingerprint density at radius 1 is 1.38 bits per heavy atom. The van der Waals surface area contributed by atoms with Gasteiger partial charge in [-0.15, -0.1) is 0 Å². The number of anilines is 1. The van der Waals surface area contributed by atoms with Gasteiger partial charge >= 0.3 is 0 Å². The van der Waals surface area contributed by atoms with Crippen molar-refractivity contribution in [2.45, 2.75) is 6.42 Å². The second kappa shape index (κ2) is 6.24. The van der Waals surface area contributed by atoms with Crippen molar-refractivity contribution in [2.75, 3.05) is 51.8 Å². The van der Waals surface area contributed by atoms with E-state index in [1.807, 2.05) is 6.07 Å². The Bertz CT molecular complexity index is 517. The first kappa shape index (κ1) is 14.0. The number of methoxy groups -OCH3 is 1. The number of nitrogens with one attached hydrogen (secondary N) is 1. The highest BCUT2D eigenvalue weighted by Gasteiger charge is 2.24. The largest absolute Gasteiger partial charge is 0.497 e. The molecule has 1 unspecified atom stereocenters. The first-order chi connectivity index (χ1) is 10.3. The number of hydrogen-bond donors (Lipinski definition) is 1. The van der Waals surface area contributed by atoms with E-state index >= 15 is 0 Å². The van der Waals surface area contributed by atoms with E-state index in [9.17, 15) is 0 Å². The molecule has 0 bridgehead atoms. The topological polar surface area (TPSA) is 40.1 Å². The first-order valence-electron chi connectivity index (χ1n) is 7.64. The predicted molar refractivity (Wildman–Crippen MR) is 86.2 cm³/mol. The molecule has 2 aliphatic rings. The average molecular weight is 288 g/mol. The van der Waals surface area contributed by atoms with E-state index in [-0.39, 0.29) is 0 Å². The van der Waals surface area contributed by atoms with E-state index < -0.39 is 0 Å². The Hall–Kier alpha value is -1.91. The molecule has 114 valence electrons. The molecule has 2 heterocycles. The minimum absolute atomic E-state index is 0.674. The normalized spacial score (nSPS) is 21.6. The van der Waals surface area contributed by atoms with Crippen LogP contribution in [0, 0.1) is 5.92 Å². The summed E-state index contributed by atoms with van der Waals surface area (Å²) in [5, 5.41) is 3.49. The van der Waals surface area contributed by atoms with E-state index in [4.69, 9.17) is 4.74 Å². The molecule has 0 aromatic heterocycles. The molecule has 1 fully saturated rings. The van der Waals surface area contributed by atoms with Gasteiger partial charge in [-0.2, -0.15) is 0 Å². The zero-order valence-electron chi connectivity index (χ0n) is 12.9. The summed E-state index contributed by atoms with van der Waals surface area (Å²) in [5.41, 5.74) is 1.26. The fraction of sp³-hybridized carbons (Fsp3) is 0.562. The van der Waals surface area contributed by atoms with Gasteiger partial charge in [0.25, 0.3) is 0 Å². The molecule has 2 aliphatic heterocycles. The van der Waals surface area contributed by atoms with Crippen LogP contribution in [0.2, 0.25) is 0 Å². The molecule has 1 atom stereocenters. The fourth-order valence-corrected chi connectivity index (χ4v) is 3.00. The number of rotatable bonds is 4. The maximum absolute atomic E-state index is 5.31. The van der Waals surface area contributed by atoms with Gasteiger partial charge in [0.1, 0.15) is 5.75 Å². The van der Waals surface area contributed by atoms with Gasteiger partial charge in [-0.1, -0.05) is 6.07 Å². The van der Waals surface area contributed by atoms with Crippen LogP contribution in [0.1, 0.15) is 6.42 Å². The lowest BCUT2D eigenvalue weighted by Crippen LogP contribution is -2.38. The van der Waals surface area contributed by atoms with E-state index in [2.05, 4.69) is 45.4 Å². The monoisotopic (exact) mass is 288 g/mol. The third kappa shape index (κ3) is 3.23. The lowest BCUT2D eigenvalue weighted by atomic mass is 10.1. The number of nitrogens with zero attached hydrogens (tertiary/aromatic N) is 3. The predicted octanol–water partition coefficient (Wildman–Crippen LogP) is 1.41. The summed E-state index contributed by atoms with van der Waals surface area (Å²) < 4.78 is 5.31. The fourth-order valence-electron chi connectivity index (χ4n) is 3.00. The van der Waals surface area contributed by atoms with Gasteiger partial charge in [0.15, 0.2) is 5.96 Å².